The molecule has 0 unspecified atom stereocenters. The Balaban J connectivity index is 1.26. The van der Waals surface area contributed by atoms with Crippen LogP contribution in [0.15, 0.2) is 30.5 Å². The fourth-order valence-electron chi connectivity index (χ4n) is 4.57. The van der Waals surface area contributed by atoms with Crippen LogP contribution in [-0.2, 0) is 0 Å². The third-order valence-corrected chi connectivity index (χ3v) is 6.46. The summed E-state index contributed by atoms with van der Waals surface area (Å²) in [6, 6.07) is 7.92. The molecule has 1 amide bonds. The van der Waals surface area contributed by atoms with Gasteiger partial charge in [0.1, 0.15) is 11.4 Å². The summed E-state index contributed by atoms with van der Waals surface area (Å²) in [7, 11) is 1.62. The summed E-state index contributed by atoms with van der Waals surface area (Å²) in [4.78, 5) is 17.0. The summed E-state index contributed by atoms with van der Waals surface area (Å²) < 4.78 is 31.8. The van der Waals surface area contributed by atoms with Gasteiger partial charge in [-0.2, -0.15) is 0 Å². The van der Waals surface area contributed by atoms with E-state index in [0.717, 1.165) is 42.3 Å². The number of methoxy groups -OCH3 is 1. The third-order valence-electron chi connectivity index (χ3n) is 6.46. The maximum atomic E-state index is 13.3. The number of amides is 1. The van der Waals surface area contributed by atoms with Gasteiger partial charge in [0.15, 0.2) is 0 Å². The molecule has 2 aromatic rings. The fraction of sp³-hybridized carbons (Fsp3) is 0.565. The molecule has 2 saturated carbocycles. The number of hydrogen-bond donors (Lipinski definition) is 2. The number of benzene rings is 1. The van der Waals surface area contributed by atoms with Crippen molar-refractivity contribution < 1.29 is 18.3 Å². The molecule has 0 bridgehead atoms. The Morgan fingerprint density at radius 1 is 1.13 bits per heavy atom. The molecule has 2 fully saturated rings. The molecular formula is C23H29F2N3O2. The monoisotopic (exact) mass is 417 g/mol. The lowest BCUT2D eigenvalue weighted by molar-refractivity contribution is -0.0456. The van der Waals surface area contributed by atoms with E-state index in [1.165, 1.54) is 0 Å². The van der Waals surface area contributed by atoms with Crippen LogP contribution >= 0.6 is 0 Å². The van der Waals surface area contributed by atoms with Crippen molar-refractivity contribution in [2.24, 2.45) is 5.92 Å². The first-order valence-electron chi connectivity index (χ1n) is 10.8. The molecule has 2 aliphatic carbocycles. The van der Waals surface area contributed by atoms with E-state index in [-0.39, 0.29) is 24.8 Å². The number of pyridine rings is 1. The van der Waals surface area contributed by atoms with E-state index >= 15 is 0 Å². The minimum atomic E-state index is -2.47. The zero-order valence-electron chi connectivity index (χ0n) is 17.3. The number of hydrogen-bond acceptors (Lipinski definition) is 4. The van der Waals surface area contributed by atoms with Gasteiger partial charge in [-0.25, -0.2) is 8.78 Å². The van der Waals surface area contributed by atoms with E-state index in [1.807, 2.05) is 18.2 Å². The number of rotatable bonds is 6. The minimum Gasteiger partial charge on any atom is -0.497 e. The summed E-state index contributed by atoms with van der Waals surface area (Å²) in [5, 5.41) is 8.50. The first-order valence-corrected chi connectivity index (χ1v) is 10.8. The van der Waals surface area contributed by atoms with E-state index in [0.29, 0.717) is 30.5 Å². The van der Waals surface area contributed by atoms with Crippen LogP contribution in [0, 0.1) is 5.92 Å². The molecule has 2 aliphatic rings. The molecule has 30 heavy (non-hydrogen) atoms. The second-order valence-corrected chi connectivity index (χ2v) is 8.67. The topological polar surface area (TPSA) is 63.2 Å². The predicted octanol–water partition coefficient (Wildman–Crippen LogP) is 4.31. The van der Waals surface area contributed by atoms with Gasteiger partial charge >= 0.3 is 0 Å². The van der Waals surface area contributed by atoms with Crippen LogP contribution in [0.3, 0.4) is 0 Å². The molecule has 0 saturated heterocycles. The van der Waals surface area contributed by atoms with Gasteiger partial charge in [-0.3, -0.25) is 9.78 Å². The summed E-state index contributed by atoms with van der Waals surface area (Å²) in [6.45, 7) is 0.789. The Kier molecular flexibility index (Phi) is 6.18. The maximum absolute atomic E-state index is 13.3. The van der Waals surface area contributed by atoms with E-state index in [2.05, 4.69) is 15.6 Å². The van der Waals surface area contributed by atoms with Crippen LogP contribution in [0.1, 0.15) is 55.4 Å². The maximum Gasteiger partial charge on any atom is 0.270 e. The molecule has 4 rings (SSSR count). The molecule has 5 nitrogen and oxygen atoms in total. The molecular weight excluding hydrogens is 388 g/mol. The van der Waals surface area contributed by atoms with Crippen molar-refractivity contribution in [3.05, 3.63) is 36.2 Å². The zero-order valence-corrected chi connectivity index (χ0v) is 17.3. The highest BCUT2D eigenvalue weighted by Gasteiger charge is 2.35. The van der Waals surface area contributed by atoms with Crippen molar-refractivity contribution >= 4 is 16.7 Å². The van der Waals surface area contributed by atoms with Gasteiger partial charge in [-0.1, -0.05) is 6.07 Å². The fourth-order valence-corrected chi connectivity index (χ4v) is 4.57. The molecule has 7 heteroatoms. The average molecular weight is 418 g/mol. The lowest BCUT2D eigenvalue weighted by atomic mass is 9.86. The Morgan fingerprint density at radius 2 is 1.90 bits per heavy atom. The van der Waals surface area contributed by atoms with Crippen LogP contribution in [0.5, 0.6) is 5.75 Å². The second-order valence-electron chi connectivity index (χ2n) is 8.67. The van der Waals surface area contributed by atoms with Crippen LogP contribution in [-0.4, -0.2) is 42.6 Å². The smallest absolute Gasteiger partial charge is 0.270 e. The lowest BCUT2D eigenvalue weighted by Gasteiger charge is -2.29. The molecule has 2 atom stereocenters. The largest absolute Gasteiger partial charge is 0.497 e. The summed E-state index contributed by atoms with van der Waals surface area (Å²) in [5.74, 6) is -1.54. The molecule has 1 heterocycles. The van der Waals surface area contributed by atoms with Crippen molar-refractivity contribution in [2.45, 2.75) is 63.0 Å². The molecule has 1 aromatic heterocycles. The summed E-state index contributed by atoms with van der Waals surface area (Å²) in [5.41, 5.74) is 0.409. The van der Waals surface area contributed by atoms with E-state index in [4.69, 9.17) is 4.74 Å². The van der Waals surface area contributed by atoms with Crippen molar-refractivity contribution in [1.29, 1.82) is 0 Å². The van der Waals surface area contributed by atoms with Gasteiger partial charge in [0.25, 0.3) is 5.91 Å². The Labute approximate surface area is 175 Å². The molecule has 0 spiro atoms. The Morgan fingerprint density at radius 3 is 2.67 bits per heavy atom. The number of nitrogens with one attached hydrogen (secondary N) is 2. The first kappa shape index (κ1) is 21.0. The van der Waals surface area contributed by atoms with Gasteiger partial charge < -0.3 is 15.4 Å². The van der Waals surface area contributed by atoms with Gasteiger partial charge in [-0.15, -0.1) is 0 Å². The highest BCUT2D eigenvalue weighted by atomic mass is 19.3. The number of ether oxygens (including phenoxy) is 1. The van der Waals surface area contributed by atoms with Crippen molar-refractivity contribution in [2.75, 3.05) is 13.7 Å². The van der Waals surface area contributed by atoms with Gasteiger partial charge in [0.2, 0.25) is 5.92 Å². The number of alkyl halides is 2. The number of carbonyl (C=O) groups excluding carboxylic acids is 1. The average Bonchev–Trinajstić information content (AvgIpc) is 3.19. The Hall–Kier alpha value is -2.28. The van der Waals surface area contributed by atoms with E-state index < -0.39 is 5.92 Å². The number of nitrogens with zero attached hydrogens (tertiary/aromatic N) is 1. The standard InChI is InChI=1S/C23H29F2N3O2/c1-30-20-5-2-16-11-21(27-14-17(16)10-20)22(29)28-19-4-3-18(12-19)26-13-15-6-8-23(24,25)9-7-15/h2,5,10-11,14-15,18-19,26H,3-4,6-9,12-13H2,1H3,(H,28,29)/t18-,19-/m0/s1. The van der Waals surface area contributed by atoms with Crippen LogP contribution in [0.4, 0.5) is 8.78 Å². The highest BCUT2D eigenvalue weighted by molar-refractivity contribution is 5.96. The quantitative estimate of drug-likeness (QED) is 0.735. The Bertz CT molecular complexity index is 895. The molecule has 162 valence electrons. The van der Waals surface area contributed by atoms with Crippen LogP contribution < -0.4 is 15.4 Å². The number of carbonyl (C=O) groups is 1. The van der Waals surface area contributed by atoms with Crippen LogP contribution in [0.2, 0.25) is 0 Å². The third kappa shape index (κ3) is 5.06. The molecule has 1 aromatic carbocycles. The van der Waals surface area contributed by atoms with Crippen molar-refractivity contribution in [1.82, 2.24) is 15.6 Å². The van der Waals surface area contributed by atoms with Crippen molar-refractivity contribution in [3.8, 4) is 5.75 Å². The number of aromatic nitrogens is 1. The number of fused-ring (bicyclic) bond motifs is 1. The lowest BCUT2D eigenvalue weighted by Crippen LogP contribution is -2.38. The predicted molar refractivity (Wildman–Crippen MR) is 112 cm³/mol. The minimum absolute atomic E-state index is 0.00817. The molecule has 2 N–H and O–H groups in total. The SMILES string of the molecule is COc1ccc2cc(C(=O)N[C@H]3CC[C@H](NCC4CCC(F)(F)CC4)C3)ncc2c1. The normalized spacial score (nSPS) is 24.1. The highest BCUT2D eigenvalue weighted by Crippen LogP contribution is 2.36. The zero-order chi connectivity index (χ0) is 21.1. The molecule has 0 aliphatic heterocycles. The first-order chi connectivity index (χ1) is 14.4. The number of halogens is 2. The van der Waals surface area contributed by atoms with E-state index in [1.54, 1.807) is 19.4 Å². The van der Waals surface area contributed by atoms with Crippen molar-refractivity contribution in [3.63, 3.8) is 0 Å². The summed E-state index contributed by atoms with van der Waals surface area (Å²) >= 11 is 0. The van der Waals surface area contributed by atoms with Crippen LogP contribution in [0.25, 0.3) is 10.8 Å². The summed E-state index contributed by atoms with van der Waals surface area (Å²) in [6.07, 6.45) is 5.65. The van der Waals surface area contributed by atoms with E-state index in [9.17, 15) is 13.6 Å². The van der Waals surface area contributed by atoms with Gasteiger partial charge in [0, 0.05) is 36.5 Å². The second kappa shape index (κ2) is 8.84. The van der Waals surface area contributed by atoms with Gasteiger partial charge in [-0.05, 0) is 68.2 Å². The molecule has 0 radical (unpaired) electrons. The van der Waals surface area contributed by atoms with Gasteiger partial charge in [0.05, 0.1) is 7.11 Å².